The highest BCUT2D eigenvalue weighted by molar-refractivity contribution is 5.90. The molecule has 4 aromatic rings. The highest BCUT2D eigenvalue weighted by Gasteiger charge is 2.39. The third kappa shape index (κ3) is 5.32. The van der Waals surface area contributed by atoms with Crippen LogP contribution < -0.4 is 5.56 Å². The molecular formula is C30H30F3N5O3. The topological polar surface area (TPSA) is 102 Å². The molecule has 11 heteroatoms. The van der Waals surface area contributed by atoms with Crippen LogP contribution in [0.4, 0.5) is 13.2 Å². The first-order valence-electron chi connectivity index (χ1n) is 13.8. The van der Waals surface area contributed by atoms with Crippen molar-refractivity contribution in [2.24, 2.45) is 5.92 Å². The first kappa shape index (κ1) is 27.0. The second-order valence-electron chi connectivity index (χ2n) is 11.2. The third-order valence-corrected chi connectivity index (χ3v) is 8.47. The maximum atomic E-state index is 13.5. The van der Waals surface area contributed by atoms with Crippen LogP contribution in [0.25, 0.3) is 21.8 Å². The van der Waals surface area contributed by atoms with Crippen LogP contribution in [0, 0.1) is 12.8 Å². The monoisotopic (exact) mass is 565 g/mol. The van der Waals surface area contributed by atoms with Crippen LogP contribution in [0.5, 0.6) is 0 Å². The molecule has 0 radical (unpaired) electrons. The number of piperidine rings is 1. The predicted octanol–water partition coefficient (Wildman–Crippen LogP) is 4.57. The Balaban J connectivity index is 1.20. The van der Waals surface area contributed by atoms with Gasteiger partial charge in [0, 0.05) is 42.5 Å². The molecule has 2 aliphatic heterocycles. The highest BCUT2D eigenvalue weighted by Crippen LogP contribution is 2.34. The summed E-state index contributed by atoms with van der Waals surface area (Å²) in [6, 6.07) is 11.4. The summed E-state index contributed by atoms with van der Waals surface area (Å²) in [5.41, 5.74) is 4.33. The Morgan fingerprint density at radius 2 is 1.88 bits per heavy atom. The standard InChI is InChI=1S/C30H30F3N5O3/c1-17-10-20-11-21(29(41)38(16-30(31,32)33)15-24(20)23-14-34-36-27(17)23)13-26(39)37-8-6-18(7-9-37)22-12-19-4-2-3-5-25(19)35-28(22)40/h2-5,10,12,14,18,21H,6-9,11,13,15-16H2,1H3,(H,34,36)(H,35,40)/t21-/m0/s1. The Bertz CT molecular complexity index is 1700. The van der Waals surface area contributed by atoms with Gasteiger partial charge in [-0.25, -0.2) is 0 Å². The zero-order chi connectivity index (χ0) is 28.9. The molecule has 0 aliphatic carbocycles. The molecule has 0 saturated carbocycles. The summed E-state index contributed by atoms with van der Waals surface area (Å²) in [6.45, 7) is 1.13. The number of aromatic nitrogens is 3. The SMILES string of the molecule is Cc1cc2c(c3cn[nH]c13)CN(CC(F)(F)F)C(=O)[C@H](CC(=O)N1CCC(c3cc4ccccc4[nH]c3=O)CC1)C2. The fourth-order valence-electron chi connectivity index (χ4n) is 6.41. The minimum absolute atomic E-state index is 0.0126. The minimum Gasteiger partial charge on any atom is -0.343 e. The summed E-state index contributed by atoms with van der Waals surface area (Å²) < 4.78 is 40.5. The summed E-state index contributed by atoms with van der Waals surface area (Å²) >= 11 is 0. The molecule has 0 unspecified atom stereocenters. The van der Waals surface area contributed by atoms with Gasteiger partial charge in [0.2, 0.25) is 11.8 Å². The second-order valence-corrected chi connectivity index (χ2v) is 11.2. The Labute approximate surface area is 233 Å². The predicted molar refractivity (Wildman–Crippen MR) is 147 cm³/mol. The van der Waals surface area contributed by atoms with Gasteiger partial charge in [-0.15, -0.1) is 0 Å². The number of aromatic amines is 2. The molecule has 2 aliphatic rings. The van der Waals surface area contributed by atoms with Crippen molar-refractivity contribution >= 4 is 33.6 Å². The molecule has 4 heterocycles. The number of nitrogens with zero attached hydrogens (tertiary/aromatic N) is 3. The van der Waals surface area contributed by atoms with Crippen LogP contribution in [0.1, 0.15) is 47.4 Å². The number of fused-ring (bicyclic) bond motifs is 4. The minimum atomic E-state index is -4.57. The number of nitrogens with one attached hydrogen (secondary N) is 2. The number of halogens is 3. The number of alkyl halides is 3. The Morgan fingerprint density at radius 3 is 2.63 bits per heavy atom. The summed E-state index contributed by atoms with van der Waals surface area (Å²) in [5, 5.41) is 8.59. The largest absolute Gasteiger partial charge is 0.406 e. The number of rotatable bonds is 4. The van der Waals surface area contributed by atoms with Gasteiger partial charge in [-0.2, -0.15) is 18.3 Å². The van der Waals surface area contributed by atoms with Crippen LogP contribution in [-0.2, 0) is 22.6 Å². The van der Waals surface area contributed by atoms with E-state index in [1.54, 1.807) is 11.1 Å². The molecule has 2 N–H and O–H groups in total. The van der Waals surface area contributed by atoms with E-state index in [1.807, 2.05) is 43.3 Å². The summed E-state index contributed by atoms with van der Waals surface area (Å²) in [5.74, 6) is -1.85. The number of hydrogen-bond donors (Lipinski definition) is 2. The van der Waals surface area contributed by atoms with Gasteiger partial charge in [0.15, 0.2) is 0 Å². The van der Waals surface area contributed by atoms with E-state index in [2.05, 4.69) is 15.2 Å². The zero-order valence-electron chi connectivity index (χ0n) is 22.6. The Kier molecular flexibility index (Phi) is 6.83. The summed E-state index contributed by atoms with van der Waals surface area (Å²) in [7, 11) is 0. The maximum Gasteiger partial charge on any atom is 0.406 e. The number of amides is 2. The van der Waals surface area contributed by atoms with Crippen molar-refractivity contribution in [3.8, 4) is 0 Å². The van der Waals surface area contributed by atoms with Gasteiger partial charge in [-0.1, -0.05) is 24.3 Å². The van der Waals surface area contributed by atoms with E-state index in [9.17, 15) is 27.6 Å². The molecule has 2 aromatic heterocycles. The molecule has 2 amide bonds. The molecule has 0 bridgehead atoms. The fourth-order valence-corrected chi connectivity index (χ4v) is 6.41. The summed E-state index contributed by atoms with van der Waals surface area (Å²) in [4.78, 5) is 45.0. The van der Waals surface area contributed by atoms with E-state index in [4.69, 9.17) is 0 Å². The van der Waals surface area contributed by atoms with Crippen molar-refractivity contribution < 1.29 is 22.8 Å². The van der Waals surface area contributed by atoms with E-state index in [-0.39, 0.29) is 36.8 Å². The smallest absolute Gasteiger partial charge is 0.343 e. The molecule has 8 nitrogen and oxygen atoms in total. The lowest BCUT2D eigenvalue weighted by Gasteiger charge is -2.33. The van der Waals surface area contributed by atoms with Crippen LogP contribution in [-0.4, -0.2) is 62.6 Å². The lowest BCUT2D eigenvalue weighted by molar-refractivity contribution is -0.165. The fraction of sp³-hybridized carbons (Fsp3) is 0.400. The molecule has 214 valence electrons. The maximum absolute atomic E-state index is 13.5. The van der Waals surface area contributed by atoms with Gasteiger partial charge in [-0.05, 0) is 66.3 Å². The average molecular weight is 566 g/mol. The number of aryl methyl sites for hydroxylation is 1. The van der Waals surface area contributed by atoms with Crippen molar-refractivity contribution in [1.82, 2.24) is 25.0 Å². The quantitative estimate of drug-likeness (QED) is 0.379. The Hall–Kier alpha value is -4.15. The van der Waals surface area contributed by atoms with Gasteiger partial charge < -0.3 is 14.8 Å². The number of H-pyrrole nitrogens is 2. The number of likely N-dealkylation sites (tertiary alicyclic amines) is 1. The van der Waals surface area contributed by atoms with Crippen LogP contribution >= 0.6 is 0 Å². The van der Waals surface area contributed by atoms with Gasteiger partial charge in [-0.3, -0.25) is 19.5 Å². The lowest BCUT2D eigenvalue weighted by atomic mass is 9.88. The van der Waals surface area contributed by atoms with Crippen LogP contribution in [0.2, 0.25) is 0 Å². The number of para-hydroxylation sites is 1. The van der Waals surface area contributed by atoms with Gasteiger partial charge in [0.05, 0.1) is 17.6 Å². The third-order valence-electron chi connectivity index (χ3n) is 8.47. The number of benzene rings is 2. The van der Waals surface area contributed by atoms with Gasteiger partial charge in [0.1, 0.15) is 6.54 Å². The van der Waals surface area contributed by atoms with E-state index in [1.165, 1.54) is 0 Å². The molecule has 2 aromatic carbocycles. The van der Waals surface area contributed by atoms with Crippen molar-refractivity contribution in [2.45, 2.75) is 51.2 Å². The first-order chi connectivity index (χ1) is 19.6. The van der Waals surface area contributed by atoms with Crippen LogP contribution in [0.3, 0.4) is 0 Å². The van der Waals surface area contributed by atoms with Crippen molar-refractivity contribution in [1.29, 1.82) is 0 Å². The molecule has 1 fully saturated rings. The van der Waals surface area contributed by atoms with E-state index in [0.717, 1.165) is 32.4 Å². The van der Waals surface area contributed by atoms with Crippen molar-refractivity contribution in [3.63, 3.8) is 0 Å². The zero-order valence-corrected chi connectivity index (χ0v) is 22.6. The number of hydrogen-bond acceptors (Lipinski definition) is 4. The average Bonchev–Trinajstić information content (AvgIpc) is 3.39. The molecule has 1 saturated heterocycles. The molecule has 0 spiro atoms. The van der Waals surface area contributed by atoms with Crippen LogP contribution in [0.15, 0.2) is 47.4 Å². The number of carbonyl (C=O) groups excluding carboxylic acids is 2. The highest BCUT2D eigenvalue weighted by atomic mass is 19.4. The van der Waals surface area contributed by atoms with Crippen molar-refractivity contribution in [3.05, 3.63) is 75.2 Å². The van der Waals surface area contributed by atoms with E-state index >= 15 is 0 Å². The first-order valence-corrected chi connectivity index (χ1v) is 13.8. The van der Waals surface area contributed by atoms with E-state index < -0.39 is 24.5 Å². The normalized spacial score (nSPS) is 18.6. The number of carbonyl (C=O) groups is 2. The molecular weight excluding hydrogens is 535 g/mol. The number of pyridine rings is 1. The van der Waals surface area contributed by atoms with Gasteiger partial charge in [0.25, 0.3) is 5.56 Å². The lowest BCUT2D eigenvalue weighted by Crippen LogP contribution is -2.44. The van der Waals surface area contributed by atoms with Gasteiger partial charge >= 0.3 is 6.18 Å². The van der Waals surface area contributed by atoms with E-state index in [0.29, 0.717) is 42.4 Å². The summed E-state index contributed by atoms with van der Waals surface area (Å²) in [6.07, 6.45) is -1.81. The molecule has 41 heavy (non-hydrogen) atoms. The second kappa shape index (κ2) is 10.4. The Morgan fingerprint density at radius 1 is 1.12 bits per heavy atom. The molecule has 6 rings (SSSR count). The van der Waals surface area contributed by atoms with Crippen molar-refractivity contribution in [2.75, 3.05) is 19.6 Å². The molecule has 1 atom stereocenters.